The lowest BCUT2D eigenvalue weighted by atomic mass is 9.85. The normalized spacial score (nSPS) is 29.5. The molecule has 2 amide bonds. The first-order valence-electron chi connectivity index (χ1n) is 9.51. The summed E-state index contributed by atoms with van der Waals surface area (Å²) in [6.45, 7) is 10.9. The molecule has 1 N–H and O–H groups in total. The fourth-order valence-corrected chi connectivity index (χ4v) is 4.23. The summed E-state index contributed by atoms with van der Waals surface area (Å²) in [6, 6.07) is 0.513. The predicted octanol–water partition coefficient (Wildman–Crippen LogP) is 0.387. The molecule has 2 atom stereocenters. The van der Waals surface area contributed by atoms with Crippen molar-refractivity contribution in [2.24, 2.45) is 11.8 Å². The molecule has 0 aromatic rings. The molecule has 0 aromatic carbocycles. The van der Waals surface area contributed by atoms with Gasteiger partial charge in [-0.3, -0.25) is 19.4 Å². The monoisotopic (exact) mass is 336 g/mol. The second-order valence-corrected chi connectivity index (χ2v) is 7.88. The van der Waals surface area contributed by atoms with Gasteiger partial charge in [-0.25, -0.2) is 0 Å². The second kappa shape index (κ2) is 7.83. The molecule has 24 heavy (non-hydrogen) atoms. The van der Waals surface area contributed by atoms with Crippen molar-refractivity contribution in [1.82, 2.24) is 20.0 Å². The van der Waals surface area contributed by atoms with Crippen molar-refractivity contribution < 1.29 is 9.59 Å². The number of hydrogen-bond acceptors (Lipinski definition) is 4. The number of piperazine rings is 1. The molecule has 1 saturated carbocycles. The lowest BCUT2D eigenvalue weighted by molar-refractivity contribution is -0.131. The van der Waals surface area contributed by atoms with E-state index in [2.05, 4.69) is 22.0 Å². The van der Waals surface area contributed by atoms with Gasteiger partial charge in [-0.05, 0) is 24.7 Å². The highest BCUT2D eigenvalue weighted by Crippen LogP contribution is 2.25. The Bertz CT molecular complexity index is 458. The second-order valence-electron chi connectivity index (χ2n) is 7.88. The van der Waals surface area contributed by atoms with E-state index in [1.54, 1.807) is 6.92 Å². The van der Waals surface area contributed by atoms with Crippen molar-refractivity contribution in [3.05, 3.63) is 0 Å². The van der Waals surface area contributed by atoms with E-state index in [0.717, 1.165) is 51.7 Å². The molecule has 6 heteroatoms. The highest BCUT2D eigenvalue weighted by Gasteiger charge is 2.36. The predicted molar refractivity (Wildman–Crippen MR) is 93.6 cm³/mol. The van der Waals surface area contributed by atoms with E-state index in [1.807, 2.05) is 4.90 Å². The summed E-state index contributed by atoms with van der Waals surface area (Å²) < 4.78 is 0. The lowest BCUT2D eigenvalue weighted by Gasteiger charge is -2.39. The van der Waals surface area contributed by atoms with Gasteiger partial charge in [0.25, 0.3) is 0 Å². The third kappa shape index (κ3) is 4.28. The van der Waals surface area contributed by atoms with Crippen LogP contribution in [-0.4, -0.2) is 84.9 Å². The van der Waals surface area contributed by atoms with Crippen LogP contribution in [0.1, 0.15) is 33.1 Å². The topological polar surface area (TPSA) is 55.9 Å². The van der Waals surface area contributed by atoms with Gasteiger partial charge in [0.2, 0.25) is 11.8 Å². The molecule has 0 aromatic heterocycles. The molecule has 0 unspecified atom stereocenters. The van der Waals surface area contributed by atoms with Gasteiger partial charge in [-0.2, -0.15) is 0 Å². The molecular formula is C18H32N4O2. The maximum Gasteiger partial charge on any atom is 0.234 e. The average molecular weight is 336 g/mol. The van der Waals surface area contributed by atoms with Crippen molar-refractivity contribution in [2.75, 3.05) is 52.4 Å². The Morgan fingerprint density at radius 3 is 2.38 bits per heavy atom. The third-order valence-corrected chi connectivity index (χ3v) is 6.06. The van der Waals surface area contributed by atoms with Gasteiger partial charge in [-0.15, -0.1) is 0 Å². The summed E-state index contributed by atoms with van der Waals surface area (Å²) in [6.07, 6.45) is 3.87. The number of amides is 2. The Morgan fingerprint density at radius 1 is 1.08 bits per heavy atom. The molecule has 0 bridgehead atoms. The fraction of sp³-hybridized carbons (Fsp3) is 0.889. The minimum absolute atomic E-state index is 0.177. The van der Waals surface area contributed by atoms with Gasteiger partial charge in [0, 0.05) is 58.8 Å². The van der Waals surface area contributed by atoms with E-state index in [-0.39, 0.29) is 11.8 Å². The Kier molecular flexibility index (Phi) is 5.76. The summed E-state index contributed by atoms with van der Waals surface area (Å²) in [5.41, 5.74) is 0. The lowest BCUT2D eigenvalue weighted by Crippen LogP contribution is -2.53. The van der Waals surface area contributed by atoms with Crippen LogP contribution in [0.15, 0.2) is 0 Å². The molecule has 3 aliphatic rings. The van der Waals surface area contributed by atoms with Crippen molar-refractivity contribution in [3.63, 3.8) is 0 Å². The van der Waals surface area contributed by atoms with Crippen molar-refractivity contribution >= 4 is 11.8 Å². The molecule has 1 aliphatic carbocycles. The number of carbonyl (C=O) groups is 2. The molecule has 2 aliphatic heterocycles. The van der Waals surface area contributed by atoms with Crippen LogP contribution in [0.4, 0.5) is 0 Å². The van der Waals surface area contributed by atoms with E-state index in [0.29, 0.717) is 18.5 Å². The molecule has 136 valence electrons. The minimum atomic E-state index is 0.177. The van der Waals surface area contributed by atoms with Gasteiger partial charge >= 0.3 is 0 Å². The zero-order valence-corrected chi connectivity index (χ0v) is 15.2. The van der Waals surface area contributed by atoms with E-state index in [4.69, 9.17) is 0 Å². The summed E-state index contributed by atoms with van der Waals surface area (Å²) in [4.78, 5) is 30.3. The molecule has 0 radical (unpaired) electrons. The molecule has 2 heterocycles. The van der Waals surface area contributed by atoms with Gasteiger partial charge in [0.15, 0.2) is 0 Å². The van der Waals surface area contributed by atoms with Crippen LogP contribution in [0.2, 0.25) is 0 Å². The number of nitrogens with zero attached hydrogens (tertiary/aromatic N) is 3. The Hall–Kier alpha value is -1.14. The zero-order chi connectivity index (χ0) is 17.1. The number of rotatable bonds is 5. The van der Waals surface area contributed by atoms with Crippen molar-refractivity contribution in [1.29, 1.82) is 0 Å². The first-order chi connectivity index (χ1) is 11.5. The minimum Gasteiger partial charge on any atom is -0.355 e. The maximum atomic E-state index is 12.1. The summed E-state index contributed by atoms with van der Waals surface area (Å²) in [5, 5.41) is 3.10. The Labute approximate surface area is 145 Å². The Morgan fingerprint density at radius 2 is 1.79 bits per heavy atom. The van der Waals surface area contributed by atoms with E-state index in [1.165, 1.54) is 19.3 Å². The number of likely N-dealkylation sites (tertiary alicyclic amines) is 1. The molecule has 2 saturated heterocycles. The maximum absolute atomic E-state index is 12.1. The highest BCUT2D eigenvalue weighted by atomic mass is 16.2. The van der Waals surface area contributed by atoms with E-state index >= 15 is 0 Å². The largest absolute Gasteiger partial charge is 0.355 e. The number of hydrogen-bond donors (Lipinski definition) is 1. The van der Waals surface area contributed by atoms with Crippen LogP contribution in [0.5, 0.6) is 0 Å². The SMILES string of the molecule is CC(=O)N1CCN([C@H]2CN(CC(=O)NCC3CCC3)C[C@H]2C)CC1. The molecular weight excluding hydrogens is 304 g/mol. The summed E-state index contributed by atoms with van der Waals surface area (Å²) in [7, 11) is 0. The quantitative estimate of drug-likeness (QED) is 0.789. The molecule has 0 spiro atoms. The summed E-state index contributed by atoms with van der Waals surface area (Å²) >= 11 is 0. The molecule has 6 nitrogen and oxygen atoms in total. The first-order valence-corrected chi connectivity index (χ1v) is 9.51. The van der Waals surface area contributed by atoms with Crippen LogP contribution < -0.4 is 5.32 Å². The highest BCUT2D eigenvalue weighted by molar-refractivity contribution is 5.78. The van der Waals surface area contributed by atoms with Crippen LogP contribution in [0.3, 0.4) is 0 Å². The van der Waals surface area contributed by atoms with Gasteiger partial charge in [0.05, 0.1) is 6.54 Å². The van der Waals surface area contributed by atoms with Gasteiger partial charge in [0.1, 0.15) is 0 Å². The van der Waals surface area contributed by atoms with Crippen molar-refractivity contribution in [2.45, 2.75) is 39.2 Å². The average Bonchev–Trinajstić information content (AvgIpc) is 2.86. The zero-order valence-electron chi connectivity index (χ0n) is 15.2. The smallest absolute Gasteiger partial charge is 0.234 e. The van der Waals surface area contributed by atoms with Crippen molar-refractivity contribution in [3.8, 4) is 0 Å². The molecule has 3 fully saturated rings. The van der Waals surface area contributed by atoms with Gasteiger partial charge < -0.3 is 10.2 Å². The van der Waals surface area contributed by atoms with Crippen LogP contribution >= 0.6 is 0 Å². The first kappa shape index (κ1) is 17.7. The van der Waals surface area contributed by atoms with Gasteiger partial charge in [-0.1, -0.05) is 13.3 Å². The summed E-state index contributed by atoms with van der Waals surface area (Å²) in [5.74, 6) is 1.65. The standard InChI is InChI=1S/C18H32N4O2/c1-14-11-20(13-18(24)19-10-16-4-3-5-16)12-17(14)22-8-6-21(7-9-22)15(2)23/h14,16-17H,3-13H2,1-2H3,(H,19,24)/t14-,17+/m1/s1. The van der Waals surface area contributed by atoms with E-state index in [9.17, 15) is 9.59 Å². The Balaban J connectivity index is 1.41. The van der Waals surface area contributed by atoms with Crippen LogP contribution in [0, 0.1) is 11.8 Å². The molecule has 3 rings (SSSR count). The number of carbonyl (C=O) groups excluding carboxylic acids is 2. The number of nitrogens with one attached hydrogen (secondary N) is 1. The fourth-order valence-electron chi connectivity index (χ4n) is 4.23. The van der Waals surface area contributed by atoms with Crippen LogP contribution in [0.25, 0.3) is 0 Å². The van der Waals surface area contributed by atoms with E-state index < -0.39 is 0 Å². The third-order valence-electron chi connectivity index (χ3n) is 6.06. The van der Waals surface area contributed by atoms with Crippen LogP contribution in [-0.2, 0) is 9.59 Å².